The van der Waals surface area contributed by atoms with Crippen molar-refractivity contribution in [3.8, 4) is 0 Å². The zero-order valence-electron chi connectivity index (χ0n) is 12.7. The van der Waals surface area contributed by atoms with E-state index in [-0.39, 0.29) is 18.3 Å². The van der Waals surface area contributed by atoms with Crippen LogP contribution >= 0.6 is 12.4 Å². The van der Waals surface area contributed by atoms with Gasteiger partial charge in [0.05, 0.1) is 0 Å². The summed E-state index contributed by atoms with van der Waals surface area (Å²) in [6, 6.07) is 0. The number of hydrogen-bond donors (Lipinski definition) is 3. The number of halogens is 1. The Morgan fingerprint density at radius 2 is 1.21 bits per heavy atom. The monoisotopic (exact) mass is 295 g/mol. The normalized spacial score (nSPS) is 13.1. The Labute approximate surface area is 125 Å². The van der Waals surface area contributed by atoms with Crippen molar-refractivity contribution in [1.82, 2.24) is 0 Å². The highest BCUT2D eigenvalue weighted by Gasteiger charge is 2.24. The lowest BCUT2D eigenvalue weighted by molar-refractivity contribution is -0.192. The van der Waals surface area contributed by atoms with Crippen molar-refractivity contribution in [1.29, 1.82) is 0 Å². The van der Waals surface area contributed by atoms with Crippen molar-refractivity contribution in [2.75, 3.05) is 0 Å². The van der Waals surface area contributed by atoms with Gasteiger partial charge in [-0.05, 0) is 6.42 Å². The SMILES string of the molecule is CCCCCCCCCCCCC(C)C(N)(O)O.Cl. The van der Waals surface area contributed by atoms with Crippen LogP contribution in [0.5, 0.6) is 0 Å². The molecule has 118 valence electrons. The van der Waals surface area contributed by atoms with E-state index in [1.54, 1.807) is 6.92 Å². The van der Waals surface area contributed by atoms with Crippen LogP contribution in [-0.2, 0) is 0 Å². The van der Waals surface area contributed by atoms with Crippen LogP contribution in [0.4, 0.5) is 0 Å². The molecule has 0 saturated carbocycles. The first kappa shape index (κ1) is 21.5. The Balaban J connectivity index is 0. The topological polar surface area (TPSA) is 66.5 Å². The van der Waals surface area contributed by atoms with E-state index in [4.69, 9.17) is 15.9 Å². The molecule has 3 nitrogen and oxygen atoms in total. The molecule has 1 unspecified atom stereocenters. The second kappa shape index (κ2) is 13.2. The molecule has 19 heavy (non-hydrogen) atoms. The first-order valence-electron chi connectivity index (χ1n) is 7.72. The van der Waals surface area contributed by atoms with Gasteiger partial charge in [0.1, 0.15) is 0 Å². The van der Waals surface area contributed by atoms with E-state index in [0.717, 1.165) is 12.8 Å². The van der Waals surface area contributed by atoms with Crippen molar-refractivity contribution in [3.05, 3.63) is 0 Å². The van der Waals surface area contributed by atoms with Crippen LogP contribution in [0.3, 0.4) is 0 Å². The smallest absolute Gasteiger partial charge is 0.222 e. The van der Waals surface area contributed by atoms with Crippen molar-refractivity contribution in [3.63, 3.8) is 0 Å². The predicted octanol–water partition coefficient (Wildman–Crippen LogP) is 3.95. The Hall–Kier alpha value is 0.170. The fraction of sp³-hybridized carbons (Fsp3) is 1.00. The minimum atomic E-state index is -2.00. The molecule has 0 aromatic rings. The Bertz CT molecular complexity index is 183. The third-order valence-electron chi connectivity index (χ3n) is 3.72. The van der Waals surface area contributed by atoms with Crippen molar-refractivity contribution in [2.24, 2.45) is 11.7 Å². The van der Waals surface area contributed by atoms with Crippen molar-refractivity contribution < 1.29 is 10.2 Å². The summed E-state index contributed by atoms with van der Waals surface area (Å²) in [7, 11) is 0. The standard InChI is InChI=1S/C15H33NO2.ClH/c1-3-4-5-6-7-8-9-10-11-12-13-14(2)15(16,17)18;/h14,17-18H,3-13,16H2,1-2H3;1H. The molecule has 0 aliphatic rings. The lowest BCUT2D eigenvalue weighted by Crippen LogP contribution is -2.45. The summed E-state index contributed by atoms with van der Waals surface area (Å²) < 4.78 is 0. The average molecular weight is 296 g/mol. The van der Waals surface area contributed by atoms with Crippen LogP contribution in [0.25, 0.3) is 0 Å². The summed E-state index contributed by atoms with van der Waals surface area (Å²) in [6.45, 7) is 4.03. The quantitative estimate of drug-likeness (QED) is 0.377. The number of rotatable bonds is 12. The predicted molar refractivity (Wildman–Crippen MR) is 84.2 cm³/mol. The maximum atomic E-state index is 9.16. The number of unbranched alkanes of at least 4 members (excludes halogenated alkanes) is 9. The Morgan fingerprint density at radius 3 is 1.58 bits per heavy atom. The average Bonchev–Trinajstić information content (AvgIpc) is 2.30. The maximum absolute atomic E-state index is 9.16. The third-order valence-corrected chi connectivity index (χ3v) is 3.72. The summed E-state index contributed by atoms with van der Waals surface area (Å²) in [5.74, 6) is -2.24. The van der Waals surface area contributed by atoms with E-state index >= 15 is 0 Å². The van der Waals surface area contributed by atoms with Crippen molar-refractivity contribution in [2.45, 2.75) is 90.4 Å². The molecular weight excluding hydrogens is 262 g/mol. The van der Waals surface area contributed by atoms with E-state index in [1.165, 1.54) is 57.8 Å². The van der Waals surface area contributed by atoms with E-state index in [9.17, 15) is 0 Å². The van der Waals surface area contributed by atoms with Gasteiger partial charge < -0.3 is 10.2 Å². The first-order chi connectivity index (χ1) is 8.48. The largest absolute Gasteiger partial charge is 0.353 e. The molecule has 4 N–H and O–H groups in total. The second-order valence-electron chi connectivity index (χ2n) is 5.65. The molecular formula is C15H34ClNO2. The molecule has 0 amide bonds. The Kier molecular flexibility index (Phi) is 14.9. The zero-order valence-corrected chi connectivity index (χ0v) is 13.6. The van der Waals surface area contributed by atoms with Gasteiger partial charge in [-0.15, -0.1) is 12.4 Å². The van der Waals surface area contributed by atoms with Gasteiger partial charge in [-0.3, -0.25) is 5.73 Å². The van der Waals surface area contributed by atoms with Crippen molar-refractivity contribution >= 4 is 12.4 Å². The van der Waals surface area contributed by atoms with Gasteiger partial charge in [0.15, 0.2) is 0 Å². The lowest BCUT2D eigenvalue weighted by atomic mass is 9.98. The van der Waals surface area contributed by atoms with Crippen LogP contribution in [0, 0.1) is 5.92 Å². The molecule has 0 rings (SSSR count). The van der Waals surface area contributed by atoms with Crippen LogP contribution in [0.15, 0.2) is 0 Å². The minimum absolute atomic E-state index is 0. The van der Waals surface area contributed by atoms with Gasteiger partial charge >= 0.3 is 0 Å². The number of aliphatic hydroxyl groups is 2. The van der Waals surface area contributed by atoms with Crippen LogP contribution in [0.2, 0.25) is 0 Å². The molecule has 0 spiro atoms. The molecule has 0 heterocycles. The molecule has 4 heteroatoms. The molecule has 0 aromatic carbocycles. The van der Waals surface area contributed by atoms with E-state index in [1.807, 2.05) is 0 Å². The third kappa shape index (κ3) is 14.4. The fourth-order valence-electron chi connectivity index (χ4n) is 2.15. The molecule has 0 aliphatic carbocycles. The van der Waals surface area contributed by atoms with Crippen LogP contribution in [0.1, 0.15) is 84.5 Å². The summed E-state index contributed by atoms with van der Waals surface area (Å²) in [5.41, 5.74) is 5.21. The summed E-state index contributed by atoms with van der Waals surface area (Å²) >= 11 is 0. The first-order valence-corrected chi connectivity index (χ1v) is 7.72. The summed E-state index contributed by atoms with van der Waals surface area (Å²) in [5, 5.41) is 18.3. The van der Waals surface area contributed by atoms with E-state index in [2.05, 4.69) is 6.92 Å². The lowest BCUT2D eigenvalue weighted by Gasteiger charge is -2.23. The van der Waals surface area contributed by atoms with Crippen LogP contribution in [-0.4, -0.2) is 16.1 Å². The molecule has 0 radical (unpaired) electrons. The second-order valence-corrected chi connectivity index (χ2v) is 5.65. The van der Waals surface area contributed by atoms with Gasteiger partial charge in [-0.1, -0.05) is 78.1 Å². The molecule has 1 atom stereocenters. The molecule has 0 bridgehead atoms. The van der Waals surface area contributed by atoms with Gasteiger partial charge in [0.2, 0.25) is 5.91 Å². The molecule has 0 fully saturated rings. The number of nitrogens with two attached hydrogens (primary N) is 1. The van der Waals surface area contributed by atoms with Gasteiger partial charge in [-0.2, -0.15) is 0 Å². The van der Waals surface area contributed by atoms with E-state index in [0.29, 0.717) is 0 Å². The highest BCUT2D eigenvalue weighted by molar-refractivity contribution is 5.85. The summed E-state index contributed by atoms with van der Waals surface area (Å²) in [6.07, 6.45) is 13.8. The summed E-state index contributed by atoms with van der Waals surface area (Å²) in [4.78, 5) is 0. The fourth-order valence-corrected chi connectivity index (χ4v) is 2.15. The highest BCUT2D eigenvalue weighted by atomic mass is 35.5. The van der Waals surface area contributed by atoms with E-state index < -0.39 is 5.91 Å². The minimum Gasteiger partial charge on any atom is -0.353 e. The molecule has 0 aliphatic heterocycles. The molecule has 0 aromatic heterocycles. The van der Waals surface area contributed by atoms with Gasteiger partial charge in [0.25, 0.3) is 0 Å². The van der Waals surface area contributed by atoms with Gasteiger partial charge in [0, 0.05) is 5.92 Å². The number of hydrogen-bond acceptors (Lipinski definition) is 3. The maximum Gasteiger partial charge on any atom is 0.222 e. The zero-order chi connectivity index (χ0) is 13.9. The van der Waals surface area contributed by atoms with Crippen LogP contribution < -0.4 is 5.73 Å². The molecule has 0 saturated heterocycles. The Morgan fingerprint density at radius 1 is 0.842 bits per heavy atom. The van der Waals surface area contributed by atoms with Gasteiger partial charge in [-0.25, -0.2) is 0 Å². The highest BCUT2D eigenvalue weighted by Crippen LogP contribution is 2.17.